The highest BCUT2D eigenvalue weighted by molar-refractivity contribution is 14.1. The third-order valence-electron chi connectivity index (χ3n) is 5.24. The van der Waals surface area contributed by atoms with E-state index < -0.39 is 5.97 Å². The number of esters is 1. The number of nitrogens with zero attached hydrogens (tertiary/aromatic N) is 2. The fourth-order valence-electron chi connectivity index (χ4n) is 3.41. The monoisotopic (exact) mass is 618 g/mol. The van der Waals surface area contributed by atoms with Crippen molar-refractivity contribution in [3.05, 3.63) is 98.2 Å². The number of ether oxygens (including phenoxy) is 2. The van der Waals surface area contributed by atoms with E-state index in [2.05, 4.69) is 22.6 Å². The molecule has 0 aromatic heterocycles. The molecule has 1 fully saturated rings. The first-order chi connectivity index (χ1) is 16.9. The molecule has 9 heteroatoms. The molecule has 1 heterocycles. The molecule has 1 aliphatic heterocycles. The van der Waals surface area contributed by atoms with Crippen molar-refractivity contribution < 1.29 is 19.1 Å². The molecule has 3 aromatic carbocycles. The molecular formula is C26H20ClIN2O4S. The Morgan fingerprint density at radius 3 is 2.31 bits per heavy atom. The Balaban J connectivity index is 1.56. The average Bonchev–Trinajstić information content (AvgIpc) is 3.09. The van der Waals surface area contributed by atoms with Gasteiger partial charge in [0.2, 0.25) is 0 Å². The van der Waals surface area contributed by atoms with Crippen LogP contribution in [0.3, 0.4) is 0 Å². The number of methoxy groups -OCH3 is 1. The van der Waals surface area contributed by atoms with Gasteiger partial charge < -0.3 is 14.4 Å². The molecule has 1 amide bonds. The van der Waals surface area contributed by atoms with Crippen LogP contribution in [0, 0.1) is 3.57 Å². The lowest BCUT2D eigenvalue weighted by Gasteiger charge is -2.19. The topological polar surface area (TPSA) is 59.1 Å². The van der Waals surface area contributed by atoms with Gasteiger partial charge in [-0.3, -0.25) is 14.5 Å². The number of carbonyl (C=O) groups is 2. The molecule has 0 aliphatic carbocycles. The van der Waals surface area contributed by atoms with Crippen molar-refractivity contribution in [2.24, 2.45) is 0 Å². The lowest BCUT2D eigenvalue weighted by Crippen LogP contribution is -2.35. The summed E-state index contributed by atoms with van der Waals surface area (Å²) in [6.07, 6.45) is 1.69. The van der Waals surface area contributed by atoms with E-state index >= 15 is 0 Å². The molecule has 0 saturated carbocycles. The molecule has 0 bridgehead atoms. The van der Waals surface area contributed by atoms with E-state index in [1.54, 1.807) is 30.3 Å². The van der Waals surface area contributed by atoms with E-state index in [4.69, 9.17) is 33.3 Å². The summed E-state index contributed by atoms with van der Waals surface area (Å²) in [7, 11) is 1.29. The van der Waals surface area contributed by atoms with Crippen molar-refractivity contribution in [3.8, 4) is 5.75 Å². The lowest BCUT2D eigenvalue weighted by atomic mass is 10.1. The molecule has 35 heavy (non-hydrogen) atoms. The van der Waals surface area contributed by atoms with Crippen LogP contribution in [0.25, 0.3) is 6.08 Å². The van der Waals surface area contributed by atoms with Crippen LogP contribution >= 0.6 is 46.4 Å². The quantitative estimate of drug-likeness (QED) is 0.147. The van der Waals surface area contributed by atoms with Crippen LogP contribution in [0.2, 0.25) is 5.02 Å². The minimum absolute atomic E-state index is 0.186. The highest BCUT2D eigenvalue weighted by atomic mass is 127. The van der Waals surface area contributed by atoms with Gasteiger partial charge in [-0.15, -0.1) is 0 Å². The van der Waals surface area contributed by atoms with E-state index in [1.807, 2.05) is 48.5 Å². The lowest BCUT2D eigenvalue weighted by molar-refractivity contribution is -0.140. The number of carbonyl (C=O) groups excluding carboxylic acids is 2. The summed E-state index contributed by atoms with van der Waals surface area (Å²) in [5.41, 5.74) is 2.65. The minimum atomic E-state index is -0.511. The number of halogens is 2. The zero-order valence-electron chi connectivity index (χ0n) is 18.6. The number of benzene rings is 3. The maximum Gasteiger partial charge on any atom is 0.325 e. The van der Waals surface area contributed by atoms with Crippen LogP contribution in [-0.4, -0.2) is 35.5 Å². The molecule has 0 radical (unpaired) electrons. The number of rotatable bonds is 7. The molecule has 0 unspecified atom stereocenters. The number of anilines is 1. The van der Waals surface area contributed by atoms with Gasteiger partial charge in [0.1, 0.15) is 24.6 Å². The standard InChI is InChI=1S/C26H20ClIN2O4S/c1-33-24(31)15-29-23(25(32)30(26(29)35)21-10-6-19(27)7-11-21)14-17-4-12-22(13-5-17)34-16-18-2-8-20(28)9-3-18/h2-14H,15-16H2,1H3/b23-14-. The van der Waals surface area contributed by atoms with E-state index in [1.165, 1.54) is 20.5 Å². The summed E-state index contributed by atoms with van der Waals surface area (Å²) >= 11 is 13.8. The van der Waals surface area contributed by atoms with Crippen molar-refractivity contribution in [2.45, 2.75) is 6.61 Å². The minimum Gasteiger partial charge on any atom is -0.489 e. The second-order valence-electron chi connectivity index (χ2n) is 7.58. The van der Waals surface area contributed by atoms with E-state index in [0.29, 0.717) is 23.1 Å². The first kappa shape index (κ1) is 25.2. The summed E-state index contributed by atoms with van der Waals surface area (Å²) in [6.45, 7) is 0.265. The van der Waals surface area contributed by atoms with Crippen LogP contribution < -0.4 is 9.64 Å². The first-order valence-electron chi connectivity index (χ1n) is 10.5. The Morgan fingerprint density at radius 1 is 1.03 bits per heavy atom. The van der Waals surface area contributed by atoms with Crippen LogP contribution in [0.1, 0.15) is 11.1 Å². The predicted molar refractivity (Wildman–Crippen MR) is 148 cm³/mol. The van der Waals surface area contributed by atoms with E-state index in [-0.39, 0.29) is 23.3 Å². The van der Waals surface area contributed by atoms with Gasteiger partial charge >= 0.3 is 5.97 Å². The molecule has 178 valence electrons. The number of amides is 1. The van der Waals surface area contributed by atoms with Gasteiger partial charge in [0, 0.05) is 8.59 Å². The molecular weight excluding hydrogens is 599 g/mol. The SMILES string of the molecule is COC(=O)CN1C(=S)N(c2ccc(Cl)cc2)C(=O)/C1=C/c1ccc(OCc2ccc(I)cc2)cc1. The van der Waals surface area contributed by atoms with Gasteiger partial charge in [-0.05, 0) is 101 Å². The highest BCUT2D eigenvalue weighted by Gasteiger charge is 2.40. The van der Waals surface area contributed by atoms with E-state index in [9.17, 15) is 9.59 Å². The van der Waals surface area contributed by atoms with Crippen LogP contribution in [0.15, 0.2) is 78.5 Å². The zero-order chi connectivity index (χ0) is 24.9. The summed E-state index contributed by atoms with van der Waals surface area (Å²) < 4.78 is 11.8. The molecule has 0 N–H and O–H groups in total. The first-order valence-corrected chi connectivity index (χ1v) is 12.4. The van der Waals surface area contributed by atoms with Crippen molar-refractivity contribution in [1.29, 1.82) is 0 Å². The van der Waals surface area contributed by atoms with E-state index in [0.717, 1.165) is 11.1 Å². The second-order valence-corrected chi connectivity index (χ2v) is 9.62. The van der Waals surface area contributed by atoms with Crippen molar-refractivity contribution in [2.75, 3.05) is 18.6 Å². The normalized spacial score (nSPS) is 14.5. The third kappa shape index (κ3) is 6.01. The fraction of sp³-hybridized carbons (Fsp3) is 0.115. The Hall–Kier alpha value is -2.95. The van der Waals surface area contributed by atoms with Gasteiger partial charge in [0.25, 0.3) is 5.91 Å². The third-order valence-corrected chi connectivity index (χ3v) is 6.61. The van der Waals surface area contributed by atoms with Crippen LogP contribution in [0.5, 0.6) is 5.75 Å². The zero-order valence-corrected chi connectivity index (χ0v) is 22.3. The molecule has 0 spiro atoms. The summed E-state index contributed by atoms with van der Waals surface area (Å²) in [4.78, 5) is 28.2. The van der Waals surface area contributed by atoms with Gasteiger partial charge in [0.05, 0.1) is 12.8 Å². The number of hydrogen-bond donors (Lipinski definition) is 0. The molecule has 4 rings (SSSR count). The molecule has 3 aromatic rings. The van der Waals surface area contributed by atoms with Crippen molar-refractivity contribution in [1.82, 2.24) is 4.90 Å². The molecule has 0 atom stereocenters. The summed E-state index contributed by atoms with van der Waals surface area (Å²) in [5, 5.41) is 0.726. The maximum atomic E-state index is 13.4. The maximum absolute atomic E-state index is 13.4. The van der Waals surface area contributed by atoms with Crippen molar-refractivity contribution >= 4 is 75.2 Å². The number of hydrogen-bond acceptors (Lipinski definition) is 5. The average molecular weight is 619 g/mol. The Morgan fingerprint density at radius 2 is 1.69 bits per heavy atom. The molecule has 1 aliphatic rings. The second kappa shape index (κ2) is 11.2. The Labute approximate surface area is 227 Å². The number of thiocarbonyl (C=S) groups is 1. The summed E-state index contributed by atoms with van der Waals surface area (Å²) in [6, 6.07) is 22.2. The van der Waals surface area contributed by atoms with Gasteiger partial charge in [-0.2, -0.15) is 0 Å². The van der Waals surface area contributed by atoms with Gasteiger partial charge in [0.15, 0.2) is 5.11 Å². The Kier molecular flexibility index (Phi) is 8.04. The fourth-order valence-corrected chi connectivity index (χ4v) is 4.25. The Bertz CT molecular complexity index is 1280. The molecule has 6 nitrogen and oxygen atoms in total. The largest absolute Gasteiger partial charge is 0.489 e. The van der Waals surface area contributed by atoms with Gasteiger partial charge in [-0.25, -0.2) is 0 Å². The summed E-state index contributed by atoms with van der Waals surface area (Å²) in [5.74, 6) is -0.156. The van der Waals surface area contributed by atoms with Crippen LogP contribution in [0.4, 0.5) is 5.69 Å². The highest BCUT2D eigenvalue weighted by Crippen LogP contribution is 2.30. The molecule has 1 saturated heterocycles. The van der Waals surface area contributed by atoms with Crippen molar-refractivity contribution in [3.63, 3.8) is 0 Å². The smallest absolute Gasteiger partial charge is 0.325 e. The van der Waals surface area contributed by atoms with Crippen LogP contribution in [-0.2, 0) is 20.9 Å². The van der Waals surface area contributed by atoms with Gasteiger partial charge in [-0.1, -0.05) is 35.9 Å². The predicted octanol–water partition coefficient (Wildman–Crippen LogP) is 5.67.